The second-order valence-corrected chi connectivity index (χ2v) is 4.12. The van der Waals surface area contributed by atoms with Crippen LogP contribution in [0.5, 0.6) is 0 Å². The predicted octanol–water partition coefficient (Wildman–Crippen LogP) is 2.45. The fraction of sp³-hybridized carbons (Fsp3) is 0.500. The van der Waals surface area contributed by atoms with E-state index in [4.69, 9.17) is 5.73 Å². The maximum absolute atomic E-state index is 14.3. The monoisotopic (exact) mass is 193 g/mol. The van der Waals surface area contributed by atoms with Crippen molar-refractivity contribution in [2.45, 2.75) is 31.9 Å². The van der Waals surface area contributed by atoms with Gasteiger partial charge in [-0.15, -0.1) is 0 Å². The molecule has 0 fully saturated rings. The van der Waals surface area contributed by atoms with Gasteiger partial charge in [0, 0.05) is 6.54 Å². The highest BCUT2D eigenvalue weighted by atomic mass is 19.1. The molecule has 14 heavy (non-hydrogen) atoms. The summed E-state index contributed by atoms with van der Waals surface area (Å²) in [5.74, 6) is 0. The molecular weight excluding hydrogens is 177 g/mol. The zero-order valence-corrected chi connectivity index (χ0v) is 8.52. The van der Waals surface area contributed by atoms with Crippen molar-refractivity contribution in [2.75, 3.05) is 6.54 Å². The minimum Gasteiger partial charge on any atom is -0.327 e. The van der Waals surface area contributed by atoms with Gasteiger partial charge in [-0.1, -0.05) is 18.2 Å². The number of halogens is 1. The molecule has 1 atom stereocenters. The minimum absolute atomic E-state index is 0.101. The van der Waals surface area contributed by atoms with Crippen LogP contribution in [0.1, 0.15) is 29.5 Å². The summed E-state index contributed by atoms with van der Waals surface area (Å²) in [6.07, 6.45) is 2.47. The van der Waals surface area contributed by atoms with Gasteiger partial charge < -0.3 is 5.73 Å². The predicted molar refractivity (Wildman–Crippen MR) is 56.0 cm³/mol. The summed E-state index contributed by atoms with van der Waals surface area (Å²) >= 11 is 0. The van der Waals surface area contributed by atoms with Crippen LogP contribution in [0.4, 0.5) is 4.39 Å². The number of benzene rings is 1. The van der Waals surface area contributed by atoms with Gasteiger partial charge in [-0.25, -0.2) is 4.39 Å². The number of fused-ring (bicyclic) bond motifs is 1. The highest BCUT2D eigenvalue weighted by Gasteiger charge is 2.35. The summed E-state index contributed by atoms with van der Waals surface area (Å²) in [5.41, 5.74) is 7.44. The largest absolute Gasteiger partial charge is 0.327 e. The molecular formula is C12H16FN. The lowest BCUT2D eigenvalue weighted by Crippen LogP contribution is -2.34. The number of alkyl halides is 1. The molecule has 1 unspecified atom stereocenters. The van der Waals surface area contributed by atoms with Crippen LogP contribution < -0.4 is 5.73 Å². The van der Waals surface area contributed by atoms with Gasteiger partial charge in [0.15, 0.2) is 0 Å². The summed E-state index contributed by atoms with van der Waals surface area (Å²) in [7, 11) is 0. The van der Waals surface area contributed by atoms with Gasteiger partial charge in [0.1, 0.15) is 5.67 Å². The maximum Gasteiger partial charge on any atom is 0.148 e. The molecule has 1 aliphatic carbocycles. The summed E-state index contributed by atoms with van der Waals surface area (Å²) in [5, 5.41) is 0. The number of rotatable bonds is 1. The number of hydrogen-bond donors (Lipinski definition) is 1. The zero-order valence-electron chi connectivity index (χ0n) is 8.52. The molecule has 0 aliphatic heterocycles. The number of nitrogens with two attached hydrogens (primary N) is 1. The van der Waals surface area contributed by atoms with E-state index in [0.717, 1.165) is 18.4 Å². The Morgan fingerprint density at radius 3 is 3.00 bits per heavy atom. The SMILES string of the molecule is Cc1cccc2c1CCCC2(F)CN. The highest BCUT2D eigenvalue weighted by Crippen LogP contribution is 2.38. The lowest BCUT2D eigenvalue weighted by atomic mass is 9.79. The van der Waals surface area contributed by atoms with Crippen LogP contribution in [-0.2, 0) is 12.1 Å². The van der Waals surface area contributed by atoms with Crippen molar-refractivity contribution in [3.63, 3.8) is 0 Å². The Morgan fingerprint density at radius 1 is 1.50 bits per heavy atom. The summed E-state index contributed by atoms with van der Waals surface area (Å²) in [6, 6.07) is 5.85. The van der Waals surface area contributed by atoms with Crippen molar-refractivity contribution >= 4 is 0 Å². The molecule has 0 saturated carbocycles. The standard InChI is InChI=1S/C12H16FN/c1-9-4-2-6-11-10(9)5-3-7-12(11,13)8-14/h2,4,6H,3,5,7-8,14H2,1H3. The van der Waals surface area contributed by atoms with E-state index < -0.39 is 5.67 Å². The molecule has 2 heteroatoms. The molecule has 1 nitrogen and oxygen atoms in total. The Hall–Kier alpha value is -0.890. The van der Waals surface area contributed by atoms with Crippen molar-refractivity contribution < 1.29 is 4.39 Å². The Bertz CT molecular complexity index is 348. The second-order valence-electron chi connectivity index (χ2n) is 4.12. The molecule has 76 valence electrons. The molecule has 0 spiro atoms. The smallest absolute Gasteiger partial charge is 0.148 e. The first-order chi connectivity index (χ1) is 6.67. The van der Waals surface area contributed by atoms with Gasteiger partial charge in [0.05, 0.1) is 0 Å². The number of aryl methyl sites for hydroxylation is 1. The first-order valence-corrected chi connectivity index (χ1v) is 5.15. The van der Waals surface area contributed by atoms with E-state index in [2.05, 4.69) is 0 Å². The van der Waals surface area contributed by atoms with Crippen LogP contribution in [-0.4, -0.2) is 6.54 Å². The van der Waals surface area contributed by atoms with E-state index >= 15 is 0 Å². The van der Waals surface area contributed by atoms with E-state index in [9.17, 15) is 4.39 Å². The van der Waals surface area contributed by atoms with Crippen molar-refractivity contribution in [2.24, 2.45) is 5.73 Å². The molecule has 0 aromatic heterocycles. The van der Waals surface area contributed by atoms with Gasteiger partial charge in [-0.3, -0.25) is 0 Å². The van der Waals surface area contributed by atoms with Gasteiger partial charge in [0.25, 0.3) is 0 Å². The quantitative estimate of drug-likeness (QED) is 0.728. The second kappa shape index (κ2) is 3.35. The summed E-state index contributed by atoms with van der Waals surface area (Å²) < 4.78 is 14.3. The average molecular weight is 193 g/mol. The van der Waals surface area contributed by atoms with Crippen LogP contribution in [0.15, 0.2) is 18.2 Å². The highest BCUT2D eigenvalue weighted by molar-refractivity contribution is 5.40. The third kappa shape index (κ3) is 1.34. The first-order valence-electron chi connectivity index (χ1n) is 5.15. The van der Waals surface area contributed by atoms with Gasteiger partial charge in [-0.05, 0) is 42.9 Å². The molecule has 1 aromatic rings. The zero-order chi connectivity index (χ0) is 10.2. The van der Waals surface area contributed by atoms with Crippen LogP contribution >= 0.6 is 0 Å². The van der Waals surface area contributed by atoms with Crippen LogP contribution in [0.3, 0.4) is 0 Å². The third-order valence-corrected chi connectivity index (χ3v) is 3.22. The van der Waals surface area contributed by atoms with E-state index in [-0.39, 0.29) is 6.54 Å². The van der Waals surface area contributed by atoms with Gasteiger partial charge in [-0.2, -0.15) is 0 Å². The Labute approximate surface area is 84.1 Å². The molecule has 2 rings (SSSR count). The Balaban J connectivity index is 2.55. The summed E-state index contributed by atoms with van der Waals surface area (Å²) in [4.78, 5) is 0. The Kier molecular flexibility index (Phi) is 2.31. The fourth-order valence-electron chi connectivity index (χ4n) is 2.35. The number of hydrogen-bond acceptors (Lipinski definition) is 1. The van der Waals surface area contributed by atoms with Crippen LogP contribution in [0.2, 0.25) is 0 Å². The lowest BCUT2D eigenvalue weighted by molar-refractivity contribution is 0.146. The molecule has 2 N–H and O–H groups in total. The first kappa shape index (κ1) is 9.66. The minimum atomic E-state index is -1.28. The molecule has 0 amide bonds. The molecule has 0 saturated heterocycles. The lowest BCUT2D eigenvalue weighted by Gasteiger charge is -2.31. The average Bonchev–Trinajstić information content (AvgIpc) is 2.20. The molecule has 0 bridgehead atoms. The van der Waals surface area contributed by atoms with Crippen molar-refractivity contribution in [3.05, 3.63) is 34.9 Å². The third-order valence-electron chi connectivity index (χ3n) is 3.22. The van der Waals surface area contributed by atoms with Crippen molar-refractivity contribution in [1.29, 1.82) is 0 Å². The van der Waals surface area contributed by atoms with Crippen molar-refractivity contribution in [1.82, 2.24) is 0 Å². The molecule has 0 radical (unpaired) electrons. The molecule has 1 aliphatic rings. The Morgan fingerprint density at radius 2 is 2.29 bits per heavy atom. The fourth-order valence-corrected chi connectivity index (χ4v) is 2.35. The van der Waals surface area contributed by atoms with E-state index in [0.29, 0.717) is 6.42 Å². The van der Waals surface area contributed by atoms with E-state index in [1.54, 1.807) is 0 Å². The van der Waals surface area contributed by atoms with E-state index in [1.807, 2.05) is 25.1 Å². The molecule has 0 heterocycles. The van der Waals surface area contributed by atoms with Crippen LogP contribution in [0.25, 0.3) is 0 Å². The van der Waals surface area contributed by atoms with Gasteiger partial charge >= 0.3 is 0 Å². The van der Waals surface area contributed by atoms with Gasteiger partial charge in [0.2, 0.25) is 0 Å². The molecule has 1 aromatic carbocycles. The summed E-state index contributed by atoms with van der Waals surface area (Å²) in [6.45, 7) is 2.14. The topological polar surface area (TPSA) is 26.0 Å². The normalized spacial score (nSPS) is 25.9. The van der Waals surface area contributed by atoms with Crippen LogP contribution in [0, 0.1) is 6.92 Å². The maximum atomic E-state index is 14.3. The van der Waals surface area contributed by atoms with E-state index in [1.165, 1.54) is 11.1 Å². The van der Waals surface area contributed by atoms with Crippen molar-refractivity contribution in [3.8, 4) is 0 Å².